The first-order chi connectivity index (χ1) is 12.7. The van der Waals surface area contributed by atoms with Crippen molar-refractivity contribution in [1.82, 2.24) is 10.2 Å². The molecule has 1 amide bonds. The van der Waals surface area contributed by atoms with Gasteiger partial charge in [-0.2, -0.15) is 0 Å². The number of amides is 1. The Kier molecular flexibility index (Phi) is 6.90. The van der Waals surface area contributed by atoms with Gasteiger partial charge < -0.3 is 25.7 Å². The second-order valence-corrected chi connectivity index (χ2v) is 7.56. The van der Waals surface area contributed by atoms with Crippen molar-refractivity contribution in [2.45, 2.75) is 20.8 Å². The maximum Gasteiger partial charge on any atom is 0.293 e. The lowest BCUT2D eigenvalue weighted by Crippen LogP contribution is -2.44. The van der Waals surface area contributed by atoms with Crippen molar-refractivity contribution in [3.8, 4) is 0 Å². The third kappa shape index (κ3) is 6.32. The molecule has 1 aliphatic rings. The molecule has 0 bridgehead atoms. The van der Waals surface area contributed by atoms with Crippen LogP contribution >= 0.6 is 0 Å². The molecule has 148 valence electrons. The molecule has 1 aliphatic heterocycles. The van der Waals surface area contributed by atoms with Crippen molar-refractivity contribution in [2.24, 2.45) is 5.41 Å². The quantitative estimate of drug-likeness (QED) is 0.403. The maximum absolute atomic E-state index is 13.4. The Bertz CT molecular complexity index is 703. The Morgan fingerprint density at radius 2 is 1.85 bits per heavy atom. The van der Waals surface area contributed by atoms with E-state index < -0.39 is 17.5 Å². The smallest absolute Gasteiger partial charge is 0.293 e. The number of hydrogen-bond acceptors (Lipinski definition) is 5. The van der Waals surface area contributed by atoms with Gasteiger partial charge in [0.05, 0.1) is 6.61 Å². The Labute approximate surface area is 158 Å². The summed E-state index contributed by atoms with van der Waals surface area (Å²) in [6.07, 6.45) is 1.08. The van der Waals surface area contributed by atoms with Crippen LogP contribution in [0.2, 0.25) is 0 Å². The highest BCUT2D eigenvalue weighted by Gasteiger charge is 2.24. The molecule has 8 heteroatoms. The van der Waals surface area contributed by atoms with Crippen molar-refractivity contribution in [3.05, 3.63) is 41.3 Å². The van der Waals surface area contributed by atoms with E-state index in [1.807, 2.05) is 25.7 Å². The van der Waals surface area contributed by atoms with E-state index in [2.05, 4.69) is 10.6 Å². The average molecular weight is 380 g/mol. The van der Waals surface area contributed by atoms with Crippen molar-refractivity contribution in [3.63, 3.8) is 0 Å². The molecule has 0 spiro atoms. The van der Waals surface area contributed by atoms with E-state index in [9.17, 15) is 13.6 Å². The van der Waals surface area contributed by atoms with Gasteiger partial charge in [-0.25, -0.2) is 8.78 Å². The van der Waals surface area contributed by atoms with Crippen LogP contribution in [0, 0.1) is 22.5 Å². The Morgan fingerprint density at radius 3 is 2.37 bits per heavy atom. The molecule has 1 fully saturated rings. The van der Waals surface area contributed by atoms with Crippen LogP contribution in [-0.4, -0.2) is 49.8 Å². The van der Waals surface area contributed by atoms with Crippen molar-refractivity contribution in [2.75, 3.05) is 38.1 Å². The fourth-order valence-corrected chi connectivity index (χ4v) is 2.56. The van der Waals surface area contributed by atoms with Gasteiger partial charge in [0, 0.05) is 44.1 Å². The number of piperazine rings is 1. The fourth-order valence-electron chi connectivity index (χ4n) is 2.56. The van der Waals surface area contributed by atoms with Crippen molar-refractivity contribution >= 4 is 17.8 Å². The fraction of sp³-hybridized carbons (Fsp3) is 0.474. The van der Waals surface area contributed by atoms with Crippen LogP contribution in [0.25, 0.3) is 0 Å². The van der Waals surface area contributed by atoms with Gasteiger partial charge in [-0.3, -0.25) is 4.79 Å². The molecule has 1 saturated heterocycles. The minimum atomic E-state index is -0.791. The van der Waals surface area contributed by atoms with Gasteiger partial charge in [0.25, 0.3) is 5.91 Å². The van der Waals surface area contributed by atoms with E-state index >= 15 is 0 Å². The summed E-state index contributed by atoms with van der Waals surface area (Å²) in [5.41, 5.74) is 0.113. The molecule has 1 aromatic rings. The number of hydrogen-bond donors (Lipinski definition) is 3. The van der Waals surface area contributed by atoms with Crippen LogP contribution in [-0.2, 0) is 9.53 Å². The Hall–Kier alpha value is -2.48. The lowest BCUT2D eigenvalue weighted by Gasteiger charge is -2.31. The molecule has 0 saturated carbocycles. The molecule has 0 aliphatic carbocycles. The van der Waals surface area contributed by atoms with Gasteiger partial charge in [-0.1, -0.05) is 20.8 Å². The zero-order chi connectivity index (χ0) is 20.0. The van der Waals surface area contributed by atoms with Gasteiger partial charge in [0.1, 0.15) is 17.3 Å². The van der Waals surface area contributed by atoms with E-state index in [0.717, 1.165) is 37.5 Å². The molecule has 1 aromatic carbocycles. The van der Waals surface area contributed by atoms with Crippen molar-refractivity contribution < 1.29 is 18.3 Å². The van der Waals surface area contributed by atoms with Gasteiger partial charge in [0.15, 0.2) is 0 Å². The number of carbonyl (C=O) groups is 1. The highest BCUT2D eigenvalue weighted by Crippen LogP contribution is 2.21. The number of carbonyl (C=O) groups excluding carboxylic acids is 1. The summed E-state index contributed by atoms with van der Waals surface area (Å²) < 4.78 is 32.6. The number of anilines is 1. The second-order valence-electron chi connectivity index (χ2n) is 7.56. The SMILES string of the molecule is CC(C)(C)COC(C(=O)Nc1cc(F)cc(F)c1)=C(C=N)N1CCNCC1. The third-order valence-electron chi connectivity index (χ3n) is 3.80. The van der Waals surface area contributed by atoms with Gasteiger partial charge in [0.2, 0.25) is 5.76 Å². The van der Waals surface area contributed by atoms with Crippen LogP contribution in [0.15, 0.2) is 29.7 Å². The number of nitrogens with one attached hydrogen (secondary N) is 3. The average Bonchev–Trinajstić information content (AvgIpc) is 2.57. The molecule has 2 rings (SSSR count). The molecule has 3 N–H and O–H groups in total. The first-order valence-electron chi connectivity index (χ1n) is 8.80. The summed E-state index contributed by atoms with van der Waals surface area (Å²) in [6, 6.07) is 2.78. The minimum absolute atomic E-state index is 0.0148. The summed E-state index contributed by atoms with van der Waals surface area (Å²) in [4.78, 5) is 14.7. The summed E-state index contributed by atoms with van der Waals surface area (Å²) in [5.74, 6) is -2.27. The first kappa shape index (κ1) is 20.8. The number of nitrogens with zero attached hydrogens (tertiary/aromatic N) is 1. The Morgan fingerprint density at radius 1 is 1.26 bits per heavy atom. The Balaban J connectivity index is 2.32. The molecule has 1 heterocycles. The van der Waals surface area contributed by atoms with Crippen LogP contribution in [0.3, 0.4) is 0 Å². The summed E-state index contributed by atoms with van der Waals surface area (Å²) >= 11 is 0. The topological polar surface area (TPSA) is 77.5 Å². The molecule has 0 atom stereocenters. The number of allylic oxidation sites excluding steroid dienone is 1. The van der Waals surface area contributed by atoms with Crippen LogP contribution in [0.5, 0.6) is 0 Å². The molecule has 0 unspecified atom stereocenters. The number of ether oxygens (including phenoxy) is 1. The highest BCUT2D eigenvalue weighted by molar-refractivity contribution is 6.05. The maximum atomic E-state index is 13.4. The number of halogens is 2. The van der Waals surface area contributed by atoms with E-state index in [-0.39, 0.29) is 23.5 Å². The second kappa shape index (κ2) is 8.94. The summed E-state index contributed by atoms with van der Waals surface area (Å²) in [5, 5.41) is 13.5. The number of benzene rings is 1. The van der Waals surface area contributed by atoms with Gasteiger partial charge in [-0.05, 0) is 17.5 Å². The standard InChI is InChI=1S/C19H26F2N4O2/c1-19(2,3)12-27-17(16(11-22)25-6-4-23-5-7-25)18(26)24-15-9-13(20)8-14(21)10-15/h8-11,22-23H,4-7,12H2,1-3H3,(H,24,26). The van der Waals surface area contributed by atoms with Crippen LogP contribution in [0.1, 0.15) is 20.8 Å². The van der Waals surface area contributed by atoms with Gasteiger partial charge in [-0.15, -0.1) is 0 Å². The predicted octanol–water partition coefficient (Wildman–Crippen LogP) is 2.73. The zero-order valence-electron chi connectivity index (χ0n) is 15.9. The summed E-state index contributed by atoms with van der Waals surface area (Å²) in [7, 11) is 0. The lowest BCUT2D eigenvalue weighted by atomic mass is 9.99. The zero-order valence-corrected chi connectivity index (χ0v) is 15.9. The largest absolute Gasteiger partial charge is 0.486 e. The predicted molar refractivity (Wildman–Crippen MR) is 101 cm³/mol. The minimum Gasteiger partial charge on any atom is -0.486 e. The highest BCUT2D eigenvalue weighted by atomic mass is 19.1. The van der Waals surface area contributed by atoms with Gasteiger partial charge >= 0.3 is 0 Å². The van der Waals surface area contributed by atoms with Crippen molar-refractivity contribution in [1.29, 1.82) is 5.41 Å². The molecular weight excluding hydrogens is 354 g/mol. The molecule has 0 radical (unpaired) electrons. The molecule has 0 aromatic heterocycles. The first-order valence-corrected chi connectivity index (χ1v) is 8.80. The monoisotopic (exact) mass is 380 g/mol. The van der Waals surface area contributed by atoms with E-state index in [1.54, 1.807) is 0 Å². The molecule has 6 nitrogen and oxygen atoms in total. The summed E-state index contributed by atoms with van der Waals surface area (Å²) in [6.45, 7) is 8.81. The normalized spacial score (nSPS) is 15.8. The molecule has 27 heavy (non-hydrogen) atoms. The van der Waals surface area contributed by atoms with Crippen LogP contribution < -0.4 is 10.6 Å². The van der Waals surface area contributed by atoms with E-state index in [0.29, 0.717) is 18.8 Å². The van der Waals surface area contributed by atoms with Crippen LogP contribution in [0.4, 0.5) is 14.5 Å². The van der Waals surface area contributed by atoms with E-state index in [4.69, 9.17) is 10.1 Å². The molecular formula is C19H26F2N4O2. The third-order valence-corrected chi connectivity index (χ3v) is 3.80. The lowest BCUT2D eigenvalue weighted by molar-refractivity contribution is -0.116. The number of rotatable bonds is 6. The van der Waals surface area contributed by atoms with E-state index in [1.165, 1.54) is 0 Å².